The molecule has 0 spiro atoms. The van der Waals surface area contributed by atoms with Crippen molar-refractivity contribution >= 4 is 11.8 Å². The standard InChI is InChI=1S/C19H20F2N2O3/c1-13(19(25)22-2)23(11-14-5-3-4-6-17(14)21)18(24)12-26-16-9-7-15(20)8-10-16/h3-10,13H,11-12H2,1-2H3,(H,22,25)/t13-/m0/s1. The lowest BCUT2D eigenvalue weighted by Crippen LogP contribution is -2.48. The van der Waals surface area contributed by atoms with E-state index in [9.17, 15) is 18.4 Å². The van der Waals surface area contributed by atoms with Crippen LogP contribution in [0, 0.1) is 11.6 Å². The van der Waals surface area contributed by atoms with Crippen molar-refractivity contribution in [2.24, 2.45) is 0 Å². The molecule has 5 nitrogen and oxygen atoms in total. The number of nitrogens with one attached hydrogen (secondary N) is 1. The molecule has 0 aliphatic rings. The van der Waals surface area contributed by atoms with Crippen LogP contribution < -0.4 is 10.1 Å². The summed E-state index contributed by atoms with van der Waals surface area (Å²) in [5.74, 6) is -1.43. The van der Waals surface area contributed by atoms with E-state index in [-0.39, 0.29) is 19.1 Å². The number of hydrogen-bond donors (Lipinski definition) is 1. The molecule has 0 aliphatic heterocycles. The van der Waals surface area contributed by atoms with E-state index in [0.717, 1.165) is 0 Å². The number of carbonyl (C=O) groups is 2. The molecule has 1 atom stereocenters. The van der Waals surface area contributed by atoms with Gasteiger partial charge in [0.1, 0.15) is 23.4 Å². The highest BCUT2D eigenvalue weighted by molar-refractivity contribution is 5.87. The molecular weight excluding hydrogens is 342 g/mol. The van der Waals surface area contributed by atoms with Crippen molar-refractivity contribution in [2.45, 2.75) is 19.5 Å². The third kappa shape index (κ3) is 5.02. The van der Waals surface area contributed by atoms with Gasteiger partial charge in [-0.1, -0.05) is 18.2 Å². The summed E-state index contributed by atoms with van der Waals surface area (Å²) in [5, 5.41) is 2.47. The highest BCUT2D eigenvalue weighted by atomic mass is 19.1. The topological polar surface area (TPSA) is 58.6 Å². The first-order valence-corrected chi connectivity index (χ1v) is 8.05. The Morgan fingerprint density at radius 3 is 2.38 bits per heavy atom. The summed E-state index contributed by atoms with van der Waals surface area (Å²) in [5.41, 5.74) is 0.290. The molecule has 0 aromatic heterocycles. The van der Waals surface area contributed by atoms with Crippen LogP contribution in [0.4, 0.5) is 8.78 Å². The van der Waals surface area contributed by atoms with Gasteiger partial charge in [-0.15, -0.1) is 0 Å². The number of likely N-dealkylation sites (N-methyl/N-ethyl adjacent to an activating group) is 1. The number of hydrogen-bond acceptors (Lipinski definition) is 3. The first-order valence-electron chi connectivity index (χ1n) is 8.05. The number of ether oxygens (including phenoxy) is 1. The Morgan fingerprint density at radius 1 is 1.12 bits per heavy atom. The van der Waals surface area contributed by atoms with Crippen LogP contribution in [0.5, 0.6) is 5.75 Å². The quantitative estimate of drug-likeness (QED) is 0.823. The lowest BCUT2D eigenvalue weighted by atomic mass is 10.1. The lowest BCUT2D eigenvalue weighted by molar-refractivity contribution is -0.142. The average molecular weight is 362 g/mol. The average Bonchev–Trinajstić information content (AvgIpc) is 2.65. The Balaban J connectivity index is 2.13. The molecule has 2 aromatic rings. The Labute approximate surface area is 150 Å². The number of rotatable bonds is 7. The van der Waals surface area contributed by atoms with E-state index in [0.29, 0.717) is 11.3 Å². The van der Waals surface area contributed by atoms with Crippen molar-refractivity contribution in [1.29, 1.82) is 0 Å². The maximum atomic E-state index is 13.9. The van der Waals surface area contributed by atoms with Gasteiger partial charge in [0.05, 0.1) is 0 Å². The largest absolute Gasteiger partial charge is 0.484 e. The summed E-state index contributed by atoms with van der Waals surface area (Å²) in [6.07, 6.45) is 0. The van der Waals surface area contributed by atoms with Crippen molar-refractivity contribution in [3.63, 3.8) is 0 Å². The molecule has 0 heterocycles. The number of carbonyl (C=O) groups excluding carboxylic acids is 2. The van der Waals surface area contributed by atoms with Crippen molar-refractivity contribution in [3.05, 3.63) is 65.7 Å². The van der Waals surface area contributed by atoms with Crippen molar-refractivity contribution in [1.82, 2.24) is 10.2 Å². The van der Waals surface area contributed by atoms with Crippen LogP contribution in [0.1, 0.15) is 12.5 Å². The first kappa shape index (κ1) is 19.4. The summed E-state index contributed by atoms with van der Waals surface area (Å²) in [6.45, 7) is 1.11. The normalized spacial score (nSPS) is 11.5. The summed E-state index contributed by atoms with van der Waals surface area (Å²) in [6, 6.07) is 10.4. The van der Waals surface area contributed by atoms with Crippen LogP contribution in [-0.2, 0) is 16.1 Å². The van der Waals surface area contributed by atoms with Crippen LogP contribution in [0.15, 0.2) is 48.5 Å². The molecule has 2 amide bonds. The molecule has 2 aromatic carbocycles. The lowest BCUT2D eigenvalue weighted by Gasteiger charge is -2.28. The van der Waals surface area contributed by atoms with Crippen molar-refractivity contribution in [3.8, 4) is 5.75 Å². The number of benzene rings is 2. The maximum Gasteiger partial charge on any atom is 0.261 e. The zero-order valence-electron chi connectivity index (χ0n) is 14.5. The number of amides is 2. The summed E-state index contributed by atoms with van der Waals surface area (Å²) >= 11 is 0. The maximum absolute atomic E-state index is 13.9. The molecule has 7 heteroatoms. The Hall–Kier alpha value is -2.96. The highest BCUT2D eigenvalue weighted by Gasteiger charge is 2.26. The third-order valence-corrected chi connectivity index (χ3v) is 3.89. The van der Waals surface area contributed by atoms with E-state index < -0.39 is 23.6 Å². The van der Waals surface area contributed by atoms with Crippen LogP contribution in [0.25, 0.3) is 0 Å². The molecule has 0 aliphatic carbocycles. The second-order valence-corrected chi connectivity index (χ2v) is 5.65. The minimum absolute atomic E-state index is 0.0765. The Bertz CT molecular complexity index is 766. The first-order chi connectivity index (χ1) is 12.4. The molecule has 2 rings (SSSR count). The highest BCUT2D eigenvalue weighted by Crippen LogP contribution is 2.15. The van der Waals surface area contributed by atoms with Gasteiger partial charge in [0, 0.05) is 19.2 Å². The van der Waals surface area contributed by atoms with Crippen LogP contribution >= 0.6 is 0 Å². The fourth-order valence-electron chi connectivity index (χ4n) is 2.36. The molecule has 26 heavy (non-hydrogen) atoms. The van der Waals surface area contributed by atoms with E-state index in [4.69, 9.17) is 4.74 Å². The minimum atomic E-state index is -0.816. The molecule has 138 valence electrons. The molecule has 1 N–H and O–H groups in total. The van der Waals surface area contributed by atoms with E-state index in [1.165, 1.54) is 42.3 Å². The second-order valence-electron chi connectivity index (χ2n) is 5.65. The smallest absolute Gasteiger partial charge is 0.261 e. The zero-order valence-corrected chi connectivity index (χ0v) is 14.5. The predicted molar refractivity (Wildman–Crippen MR) is 92.4 cm³/mol. The fraction of sp³-hybridized carbons (Fsp3) is 0.263. The van der Waals surface area contributed by atoms with Crippen molar-refractivity contribution in [2.75, 3.05) is 13.7 Å². The Kier molecular flexibility index (Phi) is 6.66. The SMILES string of the molecule is CNC(=O)[C@H](C)N(Cc1ccccc1F)C(=O)COc1ccc(F)cc1. The van der Waals surface area contributed by atoms with Crippen LogP contribution in [0.2, 0.25) is 0 Å². The van der Waals surface area contributed by atoms with Gasteiger partial charge in [-0.2, -0.15) is 0 Å². The number of nitrogens with zero attached hydrogens (tertiary/aromatic N) is 1. The third-order valence-electron chi connectivity index (χ3n) is 3.89. The van der Waals surface area contributed by atoms with Crippen LogP contribution in [-0.4, -0.2) is 36.4 Å². The van der Waals surface area contributed by atoms with Gasteiger partial charge in [0.25, 0.3) is 5.91 Å². The van der Waals surface area contributed by atoms with Crippen molar-refractivity contribution < 1.29 is 23.1 Å². The Morgan fingerprint density at radius 2 is 1.77 bits per heavy atom. The molecule has 0 fully saturated rings. The molecule has 0 unspecified atom stereocenters. The molecule has 0 radical (unpaired) electrons. The van der Waals surface area contributed by atoms with Crippen LogP contribution in [0.3, 0.4) is 0 Å². The van der Waals surface area contributed by atoms with Gasteiger partial charge in [-0.05, 0) is 37.3 Å². The van der Waals surface area contributed by atoms with Gasteiger partial charge in [-0.3, -0.25) is 9.59 Å². The second kappa shape index (κ2) is 8.94. The van der Waals surface area contributed by atoms with Gasteiger partial charge in [-0.25, -0.2) is 8.78 Å². The number of halogens is 2. The predicted octanol–water partition coefficient (Wildman–Crippen LogP) is 2.51. The van der Waals surface area contributed by atoms with Gasteiger partial charge in [0.15, 0.2) is 6.61 Å². The summed E-state index contributed by atoms with van der Waals surface area (Å²) in [7, 11) is 1.46. The minimum Gasteiger partial charge on any atom is -0.484 e. The molecular formula is C19H20F2N2O3. The summed E-state index contributed by atoms with van der Waals surface area (Å²) in [4.78, 5) is 25.8. The van der Waals surface area contributed by atoms with E-state index >= 15 is 0 Å². The molecule has 0 saturated heterocycles. The monoisotopic (exact) mass is 362 g/mol. The van der Waals surface area contributed by atoms with E-state index in [1.54, 1.807) is 25.1 Å². The van der Waals surface area contributed by atoms with E-state index in [2.05, 4.69) is 5.32 Å². The van der Waals surface area contributed by atoms with Gasteiger partial charge < -0.3 is 15.0 Å². The molecule has 0 bridgehead atoms. The van der Waals surface area contributed by atoms with E-state index in [1.807, 2.05) is 0 Å². The zero-order chi connectivity index (χ0) is 19.1. The van der Waals surface area contributed by atoms with Gasteiger partial charge >= 0.3 is 0 Å². The van der Waals surface area contributed by atoms with Gasteiger partial charge in [0.2, 0.25) is 5.91 Å². The molecule has 0 saturated carbocycles. The fourth-order valence-corrected chi connectivity index (χ4v) is 2.36. The summed E-state index contributed by atoms with van der Waals surface area (Å²) < 4.78 is 32.2.